The first-order chi connectivity index (χ1) is 12.3. The van der Waals surface area contributed by atoms with E-state index < -0.39 is 7.14 Å². The Morgan fingerprint density at radius 2 is 1.81 bits per heavy atom. The fourth-order valence-electron chi connectivity index (χ4n) is 2.99. The van der Waals surface area contributed by atoms with Crippen LogP contribution in [0.2, 0.25) is 5.28 Å². The number of aromatic nitrogens is 2. The van der Waals surface area contributed by atoms with E-state index in [0.29, 0.717) is 10.3 Å². The standard InChI is InChI=1S/C19H18BrClN3OP/c1-12-14(13-7-5-4-6-8-13)9-10-16(17(12)26(2,3)25)23-18-15(20)11-22-19(21)24-18/h4-11H,1-3H3,(H,22,23,24). The third kappa shape index (κ3) is 4.01. The van der Waals surface area contributed by atoms with E-state index >= 15 is 0 Å². The molecule has 0 saturated carbocycles. The van der Waals surface area contributed by atoms with Crippen LogP contribution < -0.4 is 10.6 Å². The smallest absolute Gasteiger partial charge is 0.224 e. The van der Waals surface area contributed by atoms with Crippen LogP contribution in [0.5, 0.6) is 0 Å². The first-order valence-corrected chi connectivity index (χ1v) is 11.7. The van der Waals surface area contributed by atoms with Gasteiger partial charge in [0, 0.05) is 11.5 Å². The molecule has 1 N–H and O–H groups in total. The molecule has 1 heterocycles. The van der Waals surface area contributed by atoms with Gasteiger partial charge in [0.15, 0.2) is 0 Å². The Labute approximate surface area is 166 Å². The Morgan fingerprint density at radius 1 is 1.12 bits per heavy atom. The van der Waals surface area contributed by atoms with Crippen molar-refractivity contribution < 1.29 is 4.57 Å². The zero-order valence-electron chi connectivity index (χ0n) is 14.6. The number of nitrogens with one attached hydrogen (secondary N) is 1. The minimum Gasteiger partial charge on any atom is -0.339 e. The highest BCUT2D eigenvalue weighted by Gasteiger charge is 2.22. The second kappa shape index (κ2) is 7.51. The molecule has 0 spiro atoms. The molecule has 0 amide bonds. The molecule has 0 unspecified atom stereocenters. The van der Waals surface area contributed by atoms with E-state index in [9.17, 15) is 4.57 Å². The zero-order valence-corrected chi connectivity index (χ0v) is 17.9. The quantitative estimate of drug-likeness (QED) is 0.399. The van der Waals surface area contributed by atoms with Crippen LogP contribution in [-0.4, -0.2) is 23.3 Å². The average Bonchev–Trinajstić information content (AvgIpc) is 2.58. The lowest BCUT2D eigenvalue weighted by molar-refractivity contribution is 0.588. The number of anilines is 2. The highest BCUT2D eigenvalue weighted by Crippen LogP contribution is 2.42. The van der Waals surface area contributed by atoms with Gasteiger partial charge in [0.05, 0.1) is 10.2 Å². The number of hydrogen-bond donors (Lipinski definition) is 1. The van der Waals surface area contributed by atoms with Gasteiger partial charge in [-0.2, -0.15) is 4.98 Å². The SMILES string of the molecule is Cc1c(-c2ccccc2)ccc(Nc2nc(Cl)ncc2Br)c1P(C)(C)=O. The summed E-state index contributed by atoms with van der Waals surface area (Å²) in [5.41, 5.74) is 3.91. The second-order valence-electron chi connectivity index (χ2n) is 6.31. The predicted molar refractivity (Wildman–Crippen MR) is 114 cm³/mol. The summed E-state index contributed by atoms with van der Waals surface area (Å²) in [4.78, 5) is 8.14. The molecule has 0 saturated heterocycles. The number of rotatable bonds is 4. The van der Waals surface area contributed by atoms with Crippen LogP contribution in [0.1, 0.15) is 5.56 Å². The molecule has 7 heteroatoms. The van der Waals surface area contributed by atoms with E-state index in [4.69, 9.17) is 11.6 Å². The van der Waals surface area contributed by atoms with Crippen molar-refractivity contribution in [2.24, 2.45) is 0 Å². The van der Waals surface area contributed by atoms with Gasteiger partial charge in [-0.1, -0.05) is 36.4 Å². The van der Waals surface area contributed by atoms with Crippen LogP contribution in [0.25, 0.3) is 11.1 Å². The molecule has 3 rings (SSSR count). The van der Waals surface area contributed by atoms with Gasteiger partial charge >= 0.3 is 0 Å². The summed E-state index contributed by atoms with van der Waals surface area (Å²) in [6, 6.07) is 14.1. The summed E-state index contributed by atoms with van der Waals surface area (Å²) in [5, 5.41) is 4.20. The van der Waals surface area contributed by atoms with Crippen LogP contribution in [0.15, 0.2) is 53.1 Å². The molecular weight excluding hydrogens is 433 g/mol. The van der Waals surface area contributed by atoms with Gasteiger partial charge in [-0.15, -0.1) is 0 Å². The van der Waals surface area contributed by atoms with Gasteiger partial charge in [-0.3, -0.25) is 0 Å². The summed E-state index contributed by atoms with van der Waals surface area (Å²) < 4.78 is 13.8. The molecule has 134 valence electrons. The van der Waals surface area contributed by atoms with Gasteiger partial charge < -0.3 is 9.88 Å². The molecule has 1 aromatic heterocycles. The van der Waals surface area contributed by atoms with Gasteiger partial charge in [0.25, 0.3) is 0 Å². The van der Waals surface area contributed by atoms with Crippen LogP contribution >= 0.6 is 34.7 Å². The Morgan fingerprint density at radius 3 is 2.46 bits per heavy atom. The van der Waals surface area contributed by atoms with E-state index in [1.165, 1.54) is 0 Å². The summed E-state index contributed by atoms with van der Waals surface area (Å²) in [6.45, 7) is 5.55. The first-order valence-electron chi connectivity index (χ1n) is 7.97. The van der Waals surface area contributed by atoms with Crippen molar-refractivity contribution >= 4 is 51.5 Å². The van der Waals surface area contributed by atoms with Crippen molar-refractivity contribution in [1.29, 1.82) is 0 Å². The van der Waals surface area contributed by atoms with Crippen molar-refractivity contribution in [2.45, 2.75) is 6.92 Å². The zero-order chi connectivity index (χ0) is 18.9. The van der Waals surface area contributed by atoms with E-state index in [1.54, 1.807) is 19.5 Å². The lowest BCUT2D eigenvalue weighted by Crippen LogP contribution is -2.15. The maximum Gasteiger partial charge on any atom is 0.224 e. The number of benzene rings is 2. The molecule has 3 aromatic rings. The molecule has 26 heavy (non-hydrogen) atoms. The van der Waals surface area contributed by atoms with Crippen LogP contribution in [-0.2, 0) is 4.57 Å². The van der Waals surface area contributed by atoms with Crippen LogP contribution in [0, 0.1) is 6.92 Å². The van der Waals surface area contributed by atoms with E-state index in [2.05, 4.69) is 43.3 Å². The molecule has 0 radical (unpaired) electrons. The number of nitrogens with zero attached hydrogens (tertiary/aromatic N) is 2. The topological polar surface area (TPSA) is 54.9 Å². The van der Waals surface area contributed by atoms with Crippen molar-refractivity contribution in [3.05, 3.63) is 64.0 Å². The number of halogens is 2. The normalized spacial score (nSPS) is 11.4. The average molecular weight is 451 g/mol. The monoisotopic (exact) mass is 449 g/mol. The molecule has 0 bridgehead atoms. The third-order valence-electron chi connectivity index (χ3n) is 4.02. The van der Waals surface area contributed by atoms with Crippen molar-refractivity contribution in [3.8, 4) is 11.1 Å². The highest BCUT2D eigenvalue weighted by molar-refractivity contribution is 9.10. The van der Waals surface area contributed by atoms with Gasteiger partial charge in [-0.25, -0.2) is 4.98 Å². The van der Waals surface area contributed by atoms with Crippen LogP contribution in [0.4, 0.5) is 11.5 Å². The second-order valence-corrected chi connectivity index (χ2v) is 10.7. The molecule has 4 nitrogen and oxygen atoms in total. The van der Waals surface area contributed by atoms with E-state index in [1.807, 2.05) is 37.3 Å². The number of hydrogen-bond acceptors (Lipinski definition) is 4. The van der Waals surface area contributed by atoms with Crippen molar-refractivity contribution in [3.63, 3.8) is 0 Å². The fourth-order valence-corrected chi connectivity index (χ4v) is 5.05. The Balaban J connectivity index is 2.16. The first kappa shape index (κ1) is 19.1. The molecule has 0 aliphatic carbocycles. The Kier molecular flexibility index (Phi) is 5.52. The molecule has 0 atom stereocenters. The molecule has 0 fully saturated rings. The van der Waals surface area contributed by atoms with Gasteiger partial charge in [0.1, 0.15) is 13.0 Å². The molecule has 0 aliphatic rings. The van der Waals surface area contributed by atoms with E-state index in [-0.39, 0.29) is 5.28 Å². The predicted octanol–water partition coefficient (Wildman–Crippen LogP) is 5.86. The minimum absolute atomic E-state index is 0.144. The fraction of sp³-hybridized carbons (Fsp3) is 0.158. The molecular formula is C19H18BrClN3OP. The summed E-state index contributed by atoms with van der Waals surface area (Å²) in [5.74, 6) is 0.534. The maximum absolute atomic E-state index is 13.1. The summed E-state index contributed by atoms with van der Waals surface area (Å²) in [7, 11) is -2.56. The summed E-state index contributed by atoms with van der Waals surface area (Å²) in [6.07, 6.45) is 1.58. The summed E-state index contributed by atoms with van der Waals surface area (Å²) >= 11 is 9.33. The van der Waals surface area contributed by atoms with Crippen LogP contribution in [0.3, 0.4) is 0 Å². The van der Waals surface area contributed by atoms with Gasteiger partial charge in [0.2, 0.25) is 5.28 Å². The molecule has 0 aliphatic heterocycles. The molecule has 2 aromatic carbocycles. The minimum atomic E-state index is -2.56. The Bertz CT molecular complexity index is 1010. The third-order valence-corrected chi connectivity index (χ3v) is 6.44. The lowest BCUT2D eigenvalue weighted by atomic mass is 10.00. The largest absolute Gasteiger partial charge is 0.339 e. The van der Waals surface area contributed by atoms with Gasteiger partial charge in [-0.05, 0) is 70.5 Å². The lowest BCUT2D eigenvalue weighted by Gasteiger charge is -2.20. The maximum atomic E-state index is 13.1. The van der Waals surface area contributed by atoms with E-state index in [0.717, 1.165) is 27.7 Å². The Hall–Kier alpha value is -1.68. The van der Waals surface area contributed by atoms with Crippen molar-refractivity contribution in [2.75, 3.05) is 18.6 Å². The van der Waals surface area contributed by atoms with Crippen molar-refractivity contribution in [1.82, 2.24) is 9.97 Å². The highest BCUT2D eigenvalue weighted by atomic mass is 79.9.